The van der Waals surface area contributed by atoms with Crippen LogP contribution in [0.25, 0.3) is 0 Å². The zero-order valence-corrected chi connectivity index (χ0v) is 15.4. The van der Waals surface area contributed by atoms with Gasteiger partial charge in [0, 0.05) is 12.1 Å². The fourth-order valence-corrected chi connectivity index (χ4v) is 3.03. The third-order valence-corrected chi connectivity index (χ3v) is 4.40. The second kappa shape index (κ2) is 8.10. The van der Waals surface area contributed by atoms with Gasteiger partial charge in [-0.05, 0) is 42.3 Å². The molecule has 1 atom stereocenters. The van der Waals surface area contributed by atoms with E-state index < -0.39 is 35.3 Å². The molecule has 0 aliphatic carbocycles. The van der Waals surface area contributed by atoms with Gasteiger partial charge >= 0.3 is 6.18 Å². The van der Waals surface area contributed by atoms with E-state index in [1.54, 1.807) is 0 Å². The second-order valence-electron chi connectivity index (χ2n) is 6.58. The number of rotatable bonds is 5. The molecule has 2 N–H and O–H groups in total. The third-order valence-electron chi connectivity index (χ3n) is 4.40. The lowest BCUT2D eigenvalue weighted by atomic mass is 9.89. The van der Waals surface area contributed by atoms with Crippen molar-refractivity contribution in [3.63, 3.8) is 0 Å². The smallest absolute Gasteiger partial charge is 0.416 e. The highest BCUT2D eigenvalue weighted by molar-refractivity contribution is 6.05. The monoisotopic (exact) mass is 410 g/mol. The summed E-state index contributed by atoms with van der Waals surface area (Å²) in [5, 5.41) is 4.93. The number of carbonyl (C=O) groups excluding carboxylic acids is 2. The van der Waals surface area contributed by atoms with Crippen molar-refractivity contribution in [2.45, 2.75) is 31.9 Å². The number of benzene rings is 2. The van der Waals surface area contributed by atoms with Gasteiger partial charge in [0.05, 0.1) is 23.8 Å². The Kier molecular flexibility index (Phi) is 5.76. The second-order valence-corrected chi connectivity index (χ2v) is 6.58. The van der Waals surface area contributed by atoms with Gasteiger partial charge in [0.1, 0.15) is 11.6 Å². The number of halogens is 4. The van der Waals surface area contributed by atoms with E-state index in [0.29, 0.717) is 12.0 Å². The Bertz CT molecular complexity index is 944. The van der Waals surface area contributed by atoms with E-state index >= 15 is 0 Å². The number of ether oxygens (including phenoxy) is 1. The van der Waals surface area contributed by atoms with E-state index in [-0.39, 0.29) is 30.2 Å². The Morgan fingerprint density at radius 2 is 2.00 bits per heavy atom. The van der Waals surface area contributed by atoms with Crippen LogP contribution in [0.1, 0.15) is 36.8 Å². The lowest BCUT2D eigenvalue weighted by Crippen LogP contribution is -2.31. The summed E-state index contributed by atoms with van der Waals surface area (Å²) < 4.78 is 58.2. The standard InChI is InChI=1S/C20H18F4N2O3/c1-2-7-29-17-6-3-11(20(22,23)24)8-16(17)26-19(28)14-10-18(27)25-15-9-12(21)4-5-13(14)15/h3-6,8-9,14H,2,7,10H2,1H3,(H,25,27)(H,26,28). The number of carbonyl (C=O) groups is 2. The van der Waals surface area contributed by atoms with Gasteiger partial charge in [0.2, 0.25) is 11.8 Å². The van der Waals surface area contributed by atoms with E-state index in [2.05, 4.69) is 10.6 Å². The number of fused-ring (bicyclic) bond motifs is 1. The quantitative estimate of drug-likeness (QED) is 0.703. The van der Waals surface area contributed by atoms with E-state index in [1.165, 1.54) is 6.07 Å². The van der Waals surface area contributed by atoms with Gasteiger partial charge < -0.3 is 15.4 Å². The molecule has 0 saturated carbocycles. The number of hydrogen-bond donors (Lipinski definition) is 2. The molecule has 2 amide bonds. The first kappa shape index (κ1) is 20.6. The Morgan fingerprint density at radius 1 is 1.24 bits per heavy atom. The van der Waals surface area contributed by atoms with E-state index in [0.717, 1.165) is 30.3 Å². The van der Waals surface area contributed by atoms with Crippen molar-refractivity contribution in [1.29, 1.82) is 0 Å². The summed E-state index contributed by atoms with van der Waals surface area (Å²) in [6.07, 6.45) is -4.19. The number of anilines is 2. The predicted octanol–water partition coefficient (Wildman–Crippen LogP) is 4.70. The predicted molar refractivity (Wildman–Crippen MR) is 98.2 cm³/mol. The van der Waals surface area contributed by atoms with Crippen LogP contribution in [0, 0.1) is 5.82 Å². The molecule has 0 saturated heterocycles. The highest BCUT2D eigenvalue weighted by atomic mass is 19.4. The highest BCUT2D eigenvalue weighted by Gasteiger charge is 2.34. The molecule has 1 aliphatic rings. The molecule has 9 heteroatoms. The number of amides is 2. The van der Waals surface area contributed by atoms with Gasteiger partial charge in [-0.3, -0.25) is 9.59 Å². The zero-order chi connectivity index (χ0) is 21.2. The molecule has 0 bridgehead atoms. The molecule has 0 spiro atoms. The molecule has 0 aromatic heterocycles. The Labute approximate surface area is 164 Å². The van der Waals surface area contributed by atoms with Crippen molar-refractivity contribution in [2.75, 3.05) is 17.2 Å². The number of hydrogen-bond acceptors (Lipinski definition) is 3. The molecular weight excluding hydrogens is 392 g/mol. The fraction of sp³-hybridized carbons (Fsp3) is 0.300. The van der Waals surface area contributed by atoms with Crippen LogP contribution in [-0.2, 0) is 15.8 Å². The van der Waals surface area contributed by atoms with Crippen LogP contribution in [-0.4, -0.2) is 18.4 Å². The van der Waals surface area contributed by atoms with Crippen LogP contribution in [0.5, 0.6) is 5.75 Å². The van der Waals surface area contributed by atoms with Crippen LogP contribution in [0.2, 0.25) is 0 Å². The van der Waals surface area contributed by atoms with Crippen LogP contribution in [0.15, 0.2) is 36.4 Å². The maximum absolute atomic E-state index is 13.4. The molecule has 0 fully saturated rings. The molecule has 1 aliphatic heterocycles. The van der Waals surface area contributed by atoms with Crippen LogP contribution < -0.4 is 15.4 Å². The summed E-state index contributed by atoms with van der Waals surface area (Å²) in [5.41, 5.74) is -0.548. The summed E-state index contributed by atoms with van der Waals surface area (Å²) in [4.78, 5) is 24.7. The lowest BCUT2D eigenvalue weighted by molar-refractivity contribution is -0.137. The van der Waals surface area contributed by atoms with Crippen LogP contribution in [0.4, 0.5) is 28.9 Å². The van der Waals surface area contributed by atoms with Crippen molar-refractivity contribution in [3.05, 3.63) is 53.3 Å². The molecule has 5 nitrogen and oxygen atoms in total. The molecule has 3 rings (SSSR count). The Balaban J connectivity index is 1.93. The van der Waals surface area contributed by atoms with Gasteiger partial charge in [-0.25, -0.2) is 4.39 Å². The number of alkyl halides is 3. The third kappa shape index (κ3) is 4.67. The largest absolute Gasteiger partial charge is 0.491 e. The first-order valence-corrected chi connectivity index (χ1v) is 8.93. The topological polar surface area (TPSA) is 67.4 Å². The molecular formula is C20H18F4N2O3. The maximum Gasteiger partial charge on any atom is 0.416 e. The molecule has 2 aromatic rings. The summed E-state index contributed by atoms with van der Waals surface area (Å²) in [5.74, 6) is -2.65. The van der Waals surface area contributed by atoms with Crippen molar-refractivity contribution in [1.82, 2.24) is 0 Å². The Morgan fingerprint density at radius 3 is 2.69 bits per heavy atom. The van der Waals surface area contributed by atoms with Gasteiger partial charge in [-0.15, -0.1) is 0 Å². The molecule has 29 heavy (non-hydrogen) atoms. The normalized spacial score (nSPS) is 16.0. The average molecular weight is 410 g/mol. The minimum absolute atomic E-state index is 0.0905. The molecule has 1 unspecified atom stereocenters. The van der Waals surface area contributed by atoms with Gasteiger partial charge in [0.15, 0.2) is 0 Å². The SMILES string of the molecule is CCCOc1ccc(C(F)(F)F)cc1NC(=O)C1CC(=O)Nc2cc(F)ccc21. The summed E-state index contributed by atoms with van der Waals surface area (Å²) in [7, 11) is 0. The van der Waals surface area contributed by atoms with Crippen molar-refractivity contribution >= 4 is 23.2 Å². The summed E-state index contributed by atoms with van der Waals surface area (Å²) in [6, 6.07) is 6.41. The van der Waals surface area contributed by atoms with Crippen molar-refractivity contribution < 1.29 is 31.9 Å². The minimum Gasteiger partial charge on any atom is -0.491 e. The van der Waals surface area contributed by atoms with E-state index in [4.69, 9.17) is 4.74 Å². The van der Waals surface area contributed by atoms with Gasteiger partial charge in [-0.2, -0.15) is 13.2 Å². The lowest BCUT2D eigenvalue weighted by Gasteiger charge is -2.25. The molecule has 1 heterocycles. The van der Waals surface area contributed by atoms with E-state index in [1.807, 2.05) is 6.92 Å². The summed E-state index contributed by atoms with van der Waals surface area (Å²) >= 11 is 0. The molecule has 154 valence electrons. The highest BCUT2D eigenvalue weighted by Crippen LogP contribution is 2.37. The zero-order valence-electron chi connectivity index (χ0n) is 15.4. The first-order valence-electron chi connectivity index (χ1n) is 8.93. The summed E-state index contributed by atoms with van der Waals surface area (Å²) in [6.45, 7) is 2.08. The average Bonchev–Trinajstić information content (AvgIpc) is 2.65. The number of nitrogens with one attached hydrogen (secondary N) is 2. The van der Waals surface area contributed by atoms with E-state index in [9.17, 15) is 27.2 Å². The van der Waals surface area contributed by atoms with Gasteiger partial charge in [-0.1, -0.05) is 13.0 Å². The van der Waals surface area contributed by atoms with Crippen LogP contribution >= 0.6 is 0 Å². The van der Waals surface area contributed by atoms with Crippen LogP contribution in [0.3, 0.4) is 0 Å². The molecule has 0 radical (unpaired) electrons. The van der Waals surface area contributed by atoms with Crippen molar-refractivity contribution in [2.24, 2.45) is 0 Å². The first-order chi connectivity index (χ1) is 13.7. The Hall–Kier alpha value is -3.10. The van der Waals surface area contributed by atoms with Crippen molar-refractivity contribution in [3.8, 4) is 5.75 Å². The maximum atomic E-state index is 13.4. The molecule has 2 aromatic carbocycles. The fourth-order valence-electron chi connectivity index (χ4n) is 3.03. The van der Waals surface area contributed by atoms with Gasteiger partial charge in [0.25, 0.3) is 0 Å². The minimum atomic E-state index is -4.60.